The average Bonchev–Trinajstić information content (AvgIpc) is 2.78. The van der Waals surface area contributed by atoms with E-state index in [0.29, 0.717) is 22.9 Å². The molecule has 3 rings (SSSR count). The van der Waals surface area contributed by atoms with Gasteiger partial charge in [-0.1, -0.05) is 0 Å². The van der Waals surface area contributed by atoms with Crippen LogP contribution >= 0.6 is 10.1 Å². The van der Waals surface area contributed by atoms with Crippen molar-refractivity contribution < 1.29 is 3.82 Å². The van der Waals surface area contributed by atoms with Gasteiger partial charge in [0, 0.05) is 0 Å². The molecule has 1 aliphatic heterocycles. The van der Waals surface area contributed by atoms with Crippen molar-refractivity contribution >= 4 is 22.4 Å². The van der Waals surface area contributed by atoms with Gasteiger partial charge < -0.3 is 0 Å². The molecule has 0 radical (unpaired) electrons. The van der Waals surface area contributed by atoms with Crippen molar-refractivity contribution in [3.63, 3.8) is 0 Å². The third-order valence-corrected chi connectivity index (χ3v) is 12.2. The Balaban J connectivity index is 1.77. The molecule has 1 nitrogen and oxygen atoms in total. The minimum atomic E-state index is -2.22. The van der Waals surface area contributed by atoms with Crippen molar-refractivity contribution in [2.45, 2.75) is 63.7 Å². The first kappa shape index (κ1) is 14.4. The molecule has 1 unspecified atom stereocenters. The van der Waals surface area contributed by atoms with E-state index in [4.69, 9.17) is 13.9 Å². The summed E-state index contributed by atoms with van der Waals surface area (Å²) < 4.78 is 6.49. The molecule has 3 aliphatic rings. The number of halogens is 1. The van der Waals surface area contributed by atoms with Gasteiger partial charge in [0.05, 0.1) is 0 Å². The number of hydrogen-bond acceptors (Lipinski definition) is 1. The number of fused-ring (bicyclic) bond motifs is 1. The molecule has 4 atom stereocenters. The van der Waals surface area contributed by atoms with Gasteiger partial charge in [0.15, 0.2) is 0 Å². The molecular formula is C16H27ClOSe. The fraction of sp³-hybridized carbons (Fsp3) is 0.875. The van der Waals surface area contributed by atoms with Crippen molar-refractivity contribution in [1.82, 2.24) is 0 Å². The zero-order valence-electron chi connectivity index (χ0n) is 12.6. The topological polar surface area (TPSA) is 9.23 Å². The van der Waals surface area contributed by atoms with E-state index in [9.17, 15) is 0 Å². The molecule has 0 aromatic carbocycles. The van der Waals surface area contributed by atoms with Crippen molar-refractivity contribution in [2.75, 3.05) is 0 Å². The van der Waals surface area contributed by atoms with Crippen LogP contribution < -0.4 is 0 Å². The average molecular weight is 350 g/mol. The molecule has 1 spiro atoms. The fourth-order valence-electron chi connectivity index (χ4n) is 4.67. The Bertz CT molecular complexity index is 406. The number of allylic oxidation sites excluding steroid dienone is 2. The normalized spacial score (nSPS) is 50.8. The quantitative estimate of drug-likeness (QED) is 0.508. The first-order valence-corrected chi connectivity index (χ1v) is 13.0. The molecule has 0 amide bonds. The van der Waals surface area contributed by atoms with Crippen LogP contribution in [0.15, 0.2) is 12.2 Å². The molecular weight excluding hydrogens is 323 g/mol. The van der Waals surface area contributed by atoms with E-state index in [0.717, 1.165) is 11.2 Å². The summed E-state index contributed by atoms with van der Waals surface area (Å²) in [6, 6.07) is 0. The van der Waals surface area contributed by atoms with E-state index < -0.39 is 12.3 Å². The van der Waals surface area contributed by atoms with Gasteiger partial charge in [0.2, 0.25) is 0 Å². The minimum absolute atomic E-state index is 0.422. The zero-order chi connectivity index (χ0) is 13.9. The fourth-order valence-corrected chi connectivity index (χ4v) is 12.4. The standard InChI is InChI=1S/C16H27ClOSe/c1-12(2)6-5-9-19(17)11-16-8-7-13(15(16,3)4)10-14(16)18-19/h5-6,12-14H,7-11H2,1-4H3/b6-5+/t13-,14-,16-/m1/s1. The van der Waals surface area contributed by atoms with Crippen molar-refractivity contribution in [3.8, 4) is 0 Å². The SMILES string of the molecule is CC(C)/C=C/C[Se]1(Cl)C[C@]23CC[C@H](C[C@H]2O1)C3(C)C. The summed E-state index contributed by atoms with van der Waals surface area (Å²) in [6.45, 7) is 9.37. The molecule has 0 N–H and O–H groups in total. The molecule has 2 saturated carbocycles. The third kappa shape index (κ3) is 2.06. The maximum atomic E-state index is 6.95. The van der Waals surface area contributed by atoms with E-state index >= 15 is 0 Å². The molecule has 0 aromatic heterocycles. The zero-order valence-corrected chi connectivity index (χ0v) is 15.1. The van der Waals surface area contributed by atoms with Crippen LogP contribution in [0.4, 0.5) is 0 Å². The Hall–Kier alpha value is 0.509. The molecule has 19 heavy (non-hydrogen) atoms. The molecule has 110 valence electrons. The molecule has 2 aliphatic carbocycles. The van der Waals surface area contributed by atoms with E-state index in [2.05, 4.69) is 39.8 Å². The van der Waals surface area contributed by atoms with Gasteiger partial charge in [-0.25, -0.2) is 0 Å². The Kier molecular flexibility index (Phi) is 3.42. The van der Waals surface area contributed by atoms with Crippen LogP contribution in [0.3, 0.4) is 0 Å². The molecule has 3 fully saturated rings. The van der Waals surface area contributed by atoms with Gasteiger partial charge in [-0.15, -0.1) is 0 Å². The molecule has 1 saturated heterocycles. The van der Waals surface area contributed by atoms with Gasteiger partial charge in [-0.3, -0.25) is 0 Å². The Morgan fingerprint density at radius 3 is 2.74 bits per heavy atom. The summed E-state index contributed by atoms with van der Waals surface area (Å²) in [7, 11) is 6.95. The van der Waals surface area contributed by atoms with Crippen LogP contribution in [0.5, 0.6) is 0 Å². The predicted molar refractivity (Wildman–Crippen MR) is 83.6 cm³/mol. The molecule has 1 heterocycles. The van der Waals surface area contributed by atoms with Gasteiger partial charge >= 0.3 is 125 Å². The summed E-state index contributed by atoms with van der Waals surface area (Å²) in [5, 5.41) is 2.21. The summed E-state index contributed by atoms with van der Waals surface area (Å²) in [6.07, 6.45) is 9.07. The van der Waals surface area contributed by atoms with Crippen molar-refractivity contribution in [1.29, 1.82) is 0 Å². The molecule has 3 heteroatoms. The van der Waals surface area contributed by atoms with E-state index in [1.807, 2.05) is 0 Å². The molecule has 0 aromatic rings. The van der Waals surface area contributed by atoms with Crippen LogP contribution in [-0.2, 0) is 3.82 Å². The van der Waals surface area contributed by atoms with Crippen LogP contribution in [-0.4, -0.2) is 18.4 Å². The van der Waals surface area contributed by atoms with E-state index in [1.54, 1.807) is 0 Å². The second kappa shape index (κ2) is 4.50. The van der Waals surface area contributed by atoms with Gasteiger partial charge in [0.1, 0.15) is 0 Å². The molecule has 2 bridgehead atoms. The van der Waals surface area contributed by atoms with Gasteiger partial charge in [0.25, 0.3) is 0 Å². The summed E-state index contributed by atoms with van der Waals surface area (Å²) in [4.78, 5) is 0. The van der Waals surface area contributed by atoms with Crippen LogP contribution in [0.25, 0.3) is 0 Å². The summed E-state index contributed by atoms with van der Waals surface area (Å²) in [5.41, 5.74) is 0.874. The second-order valence-electron chi connectivity index (χ2n) is 7.64. The first-order valence-electron chi connectivity index (χ1n) is 7.62. The Labute approximate surface area is 124 Å². The van der Waals surface area contributed by atoms with Crippen LogP contribution in [0, 0.1) is 22.7 Å². The van der Waals surface area contributed by atoms with Gasteiger partial charge in [-0.2, -0.15) is 0 Å². The van der Waals surface area contributed by atoms with E-state index in [1.165, 1.54) is 24.6 Å². The predicted octanol–water partition coefficient (Wildman–Crippen LogP) is 5.10. The number of rotatable bonds is 3. The monoisotopic (exact) mass is 350 g/mol. The summed E-state index contributed by atoms with van der Waals surface area (Å²) in [5.74, 6) is 1.49. The summed E-state index contributed by atoms with van der Waals surface area (Å²) >= 11 is -2.22. The van der Waals surface area contributed by atoms with Gasteiger partial charge in [-0.05, 0) is 0 Å². The third-order valence-electron chi connectivity index (χ3n) is 5.99. The van der Waals surface area contributed by atoms with Crippen LogP contribution in [0.2, 0.25) is 10.6 Å². The Morgan fingerprint density at radius 2 is 2.16 bits per heavy atom. The van der Waals surface area contributed by atoms with Crippen LogP contribution in [0.1, 0.15) is 47.0 Å². The van der Waals surface area contributed by atoms with Crippen molar-refractivity contribution in [2.24, 2.45) is 22.7 Å². The van der Waals surface area contributed by atoms with E-state index in [-0.39, 0.29) is 0 Å². The Morgan fingerprint density at radius 1 is 1.42 bits per heavy atom. The second-order valence-corrected chi connectivity index (χ2v) is 15.3. The number of hydrogen-bond donors (Lipinski definition) is 0. The maximum absolute atomic E-state index is 6.95. The first-order chi connectivity index (χ1) is 8.79. The van der Waals surface area contributed by atoms with Crippen molar-refractivity contribution in [3.05, 3.63) is 12.2 Å².